The number of piperidine rings is 1. The lowest BCUT2D eigenvalue weighted by atomic mass is 9.92. The van der Waals surface area contributed by atoms with Crippen LogP contribution in [0.1, 0.15) is 54.9 Å². The Morgan fingerprint density at radius 1 is 1.19 bits per heavy atom. The first-order valence-corrected chi connectivity index (χ1v) is 12.6. The maximum atomic E-state index is 13.1. The van der Waals surface area contributed by atoms with E-state index in [2.05, 4.69) is 15.5 Å². The molecule has 8 nitrogen and oxygen atoms in total. The summed E-state index contributed by atoms with van der Waals surface area (Å²) in [6, 6.07) is 5.56. The molecule has 1 aromatic heterocycles. The van der Waals surface area contributed by atoms with Crippen molar-refractivity contribution >= 4 is 15.9 Å². The van der Waals surface area contributed by atoms with Gasteiger partial charge in [0.25, 0.3) is 0 Å². The fourth-order valence-electron chi connectivity index (χ4n) is 4.41. The topological polar surface area (TPSA) is 105 Å². The summed E-state index contributed by atoms with van der Waals surface area (Å²) >= 11 is 0. The second kappa shape index (κ2) is 9.48. The van der Waals surface area contributed by atoms with Crippen LogP contribution < -0.4 is 5.32 Å². The average molecular weight is 447 g/mol. The van der Waals surface area contributed by atoms with E-state index in [1.54, 1.807) is 13.0 Å². The minimum absolute atomic E-state index is 0.00691. The number of aromatic nitrogens is 2. The highest BCUT2D eigenvalue weighted by molar-refractivity contribution is 7.89. The lowest BCUT2D eigenvalue weighted by Crippen LogP contribution is -2.43. The zero-order valence-corrected chi connectivity index (χ0v) is 18.8. The van der Waals surface area contributed by atoms with Crippen molar-refractivity contribution in [2.75, 3.05) is 19.6 Å². The van der Waals surface area contributed by atoms with Crippen molar-refractivity contribution < 1.29 is 17.7 Å². The molecule has 31 heavy (non-hydrogen) atoms. The molecule has 1 aromatic carbocycles. The van der Waals surface area contributed by atoms with Gasteiger partial charge in [0, 0.05) is 32.0 Å². The highest BCUT2D eigenvalue weighted by Crippen LogP contribution is 2.28. The summed E-state index contributed by atoms with van der Waals surface area (Å²) < 4.78 is 32.8. The Bertz CT molecular complexity index is 1030. The van der Waals surface area contributed by atoms with E-state index in [-0.39, 0.29) is 11.8 Å². The van der Waals surface area contributed by atoms with Crippen molar-refractivity contribution in [3.05, 3.63) is 41.0 Å². The number of nitrogens with one attached hydrogen (secondary N) is 1. The summed E-state index contributed by atoms with van der Waals surface area (Å²) in [5.41, 5.74) is 2.44. The van der Waals surface area contributed by atoms with E-state index in [4.69, 9.17) is 4.52 Å². The number of carbonyl (C=O) groups is 1. The van der Waals surface area contributed by atoms with E-state index in [1.165, 1.54) is 16.3 Å². The normalized spacial score (nSPS) is 18.0. The molecule has 0 radical (unpaired) electrons. The molecule has 1 N–H and O–H groups in total. The SMILES string of the molecule is Cc1noc(CCCNC(=O)C2CCN(S(=O)(=O)c3ccc4c(c3)CCCC4)CC2)n1. The van der Waals surface area contributed by atoms with Gasteiger partial charge >= 0.3 is 0 Å². The number of carbonyl (C=O) groups excluding carboxylic acids is 1. The van der Waals surface area contributed by atoms with Gasteiger partial charge in [0.15, 0.2) is 5.82 Å². The van der Waals surface area contributed by atoms with Crippen LogP contribution in [-0.4, -0.2) is 48.4 Å². The number of rotatable bonds is 7. The molecule has 0 spiro atoms. The molecule has 0 bridgehead atoms. The van der Waals surface area contributed by atoms with Crippen LogP contribution in [0.15, 0.2) is 27.6 Å². The van der Waals surface area contributed by atoms with Gasteiger partial charge in [-0.3, -0.25) is 4.79 Å². The van der Waals surface area contributed by atoms with Crippen LogP contribution in [0.3, 0.4) is 0 Å². The number of benzene rings is 1. The molecule has 168 valence electrons. The van der Waals surface area contributed by atoms with Gasteiger partial charge in [0.2, 0.25) is 21.8 Å². The zero-order valence-electron chi connectivity index (χ0n) is 18.0. The number of hydrogen-bond acceptors (Lipinski definition) is 6. The number of nitrogens with zero attached hydrogens (tertiary/aromatic N) is 3. The number of hydrogen-bond donors (Lipinski definition) is 1. The van der Waals surface area contributed by atoms with Crippen molar-refractivity contribution in [1.82, 2.24) is 19.8 Å². The third kappa shape index (κ3) is 5.15. The molecule has 1 aliphatic carbocycles. The number of amides is 1. The minimum atomic E-state index is -3.52. The third-order valence-electron chi connectivity index (χ3n) is 6.22. The second-order valence-electron chi connectivity index (χ2n) is 8.45. The van der Waals surface area contributed by atoms with Crippen LogP contribution in [0, 0.1) is 12.8 Å². The molecule has 1 amide bonds. The van der Waals surface area contributed by atoms with E-state index in [1.807, 2.05) is 12.1 Å². The van der Waals surface area contributed by atoms with Gasteiger partial charge < -0.3 is 9.84 Å². The molecular weight excluding hydrogens is 416 g/mol. The molecule has 2 heterocycles. The van der Waals surface area contributed by atoms with Crippen molar-refractivity contribution in [2.24, 2.45) is 5.92 Å². The smallest absolute Gasteiger partial charge is 0.243 e. The van der Waals surface area contributed by atoms with Crippen LogP contribution in [0.2, 0.25) is 0 Å². The molecule has 2 aromatic rings. The first-order valence-electron chi connectivity index (χ1n) is 11.1. The fourth-order valence-corrected chi connectivity index (χ4v) is 5.94. The van der Waals surface area contributed by atoms with Crippen LogP contribution in [0.5, 0.6) is 0 Å². The largest absolute Gasteiger partial charge is 0.356 e. The van der Waals surface area contributed by atoms with Gasteiger partial charge in [-0.25, -0.2) is 8.42 Å². The van der Waals surface area contributed by atoms with Gasteiger partial charge in [0.1, 0.15) is 0 Å². The quantitative estimate of drug-likeness (QED) is 0.655. The van der Waals surface area contributed by atoms with Crippen molar-refractivity contribution in [3.8, 4) is 0 Å². The second-order valence-corrected chi connectivity index (χ2v) is 10.4. The van der Waals surface area contributed by atoms with E-state index in [0.29, 0.717) is 55.5 Å². The summed E-state index contributed by atoms with van der Waals surface area (Å²) in [4.78, 5) is 17.0. The fraction of sp³-hybridized carbons (Fsp3) is 0.591. The predicted octanol–water partition coefficient (Wildman–Crippen LogP) is 2.41. The summed E-state index contributed by atoms with van der Waals surface area (Å²) in [5.74, 6) is 1.02. The van der Waals surface area contributed by atoms with Crippen molar-refractivity contribution in [1.29, 1.82) is 0 Å². The predicted molar refractivity (Wildman–Crippen MR) is 115 cm³/mol. The van der Waals surface area contributed by atoms with E-state index < -0.39 is 10.0 Å². The maximum Gasteiger partial charge on any atom is 0.243 e. The highest BCUT2D eigenvalue weighted by atomic mass is 32.2. The van der Waals surface area contributed by atoms with E-state index >= 15 is 0 Å². The van der Waals surface area contributed by atoms with E-state index in [0.717, 1.165) is 31.2 Å². The molecule has 1 saturated heterocycles. The molecular formula is C22H30N4O4S. The number of sulfonamides is 1. The summed E-state index contributed by atoms with van der Waals surface area (Å²) in [7, 11) is -3.52. The Kier molecular flexibility index (Phi) is 6.71. The minimum Gasteiger partial charge on any atom is -0.356 e. The Morgan fingerprint density at radius 3 is 2.65 bits per heavy atom. The Labute approximate surface area is 183 Å². The van der Waals surface area contributed by atoms with Gasteiger partial charge in [-0.15, -0.1) is 0 Å². The van der Waals surface area contributed by atoms with Gasteiger partial charge in [-0.2, -0.15) is 9.29 Å². The maximum absolute atomic E-state index is 13.1. The number of fused-ring (bicyclic) bond motifs is 1. The highest BCUT2D eigenvalue weighted by Gasteiger charge is 2.32. The lowest BCUT2D eigenvalue weighted by Gasteiger charge is -2.31. The zero-order chi connectivity index (χ0) is 21.8. The van der Waals surface area contributed by atoms with Gasteiger partial charge in [0.05, 0.1) is 4.90 Å². The standard InChI is InChI=1S/C22H30N4O4S/c1-16-24-21(30-25-16)7-4-12-23-22(27)18-10-13-26(14-11-18)31(28,29)20-9-8-17-5-2-3-6-19(17)15-20/h8-9,15,18H,2-7,10-14H2,1H3,(H,23,27). The molecule has 1 aliphatic heterocycles. The van der Waals surface area contributed by atoms with Crippen LogP contribution >= 0.6 is 0 Å². The molecule has 1 fully saturated rings. The average Bonchev–Trinajstić information content (AvgIpc) is 3.21. The van der Waals surface area contributed by atoms with Gasteiger partial charge in [-0.05, 0) is 75.1 Å². The molecule has 4 rings (SSSR count). The molecule has 9 heteroatoms. The van der Waals surface area contributed by atoms with Crippen molar-refractivity contribution in [2.45, 2.75) is 63.2 Å². The molecule has 0 unspecified atom stereocenters. The number of aryl methyl sites for hydroxylation is 4. The first kappa shape index (κ1) is 22.0. The van der Waals surface area contributed by atoms with E-state index in [9.17, 15) is 13.2 Å². The van der Waals surface area contributed by atoms with Crippen LogP contribution in [0.25, 0.3) is 0 Å². The Hall–Kier alpha value is -2.26. The molecule has 2 aliphatic rings. The Morgan fingerprint density at radius 2 is 1.94 bits per heavy atom. The van der Waals surface area contributed by atoms with Crippen LogP contribution in [-0.2, 0) is 34.1 Å². The third-order valence-corrected chi connectivity index (χ3v) is 8.11. The summed E-state index contributed by atoms with van der Waals surface area (Å²) in [6.45, 7) is 3.05. The molecule has 0 atom stereocenters. The Balaban J connectivity index is 1.26. The summed E-state index contributed by atoms with van der Waals surface area (Å²) in [5, 5.41) is 6.70. The first-order chi connectivity index (χ1) is 14.9. The monoisotopic (exact) mass is 446 g/mol. The van der Waals surface area contributed by atoms with Crippen molar-refractivity contribution in [3.63, 3.8) is 0 Å². The summed E-state index contributed by atoms with van der Waals surface area (Å²) in [6.07, 6.45) is 6.70. The molecule has 0 saturated carbocycles. The lowest BCUT2D eigenvalue weighted by molar-refractivity contribution is -0.126. The van der Waals surface area contributed by atoms with Gasteiger partial charge in [-0.1, -0.05) is 11.2 Å². The van der Waals surface area contributed by atoms with Crippen LogP contribution in [0.4, 0.5) is 0 Å².